The highest BCUT2D eigenvalue weighted by Crippen LogP contribution is 2.24. The molecule has 1 atom stereocenters. The van der Waals surface area contributed by atoms with Crippen molar-refractivity contribution in [3.63, 3.8) is 0 Å². The van der Waals surface area contributed by atoms with Crippen molar-refractivity contribution in [2.24, 2.45) is 0 Å². The van der Waals surface area contributed by atoms with Gasteiger partial charge in [-0.2, -0.15) is 0 Å². The molecule has 1 fully saturated rings. The number of urea groups is 1. The van der Waals surface area contributed by atoms with Crippen LogP contribution in [0.15, 0.2) is 24.6 Å². The molecule has 0 aromatic carbocycles. The van der Waals surface area contributed by atoms with Crippen molar-refractivity contribution in [2.75, 3.05) is 20.3 Å². The smallest absolute Gasteiger partial charge is 0.328 e. The van der Waals surface area contributed by atoms with Crippen molar-refractivity contribution in [1.29, 1.82) is 0 Å². The molecule has 0 radical (unpaired) electrons. The number of rotatable bonds is 3. The summed E-state index contributed by atoms with van der Waals surface area (Å²) in [4.78, 5) is 26.7. The standard InChI is InChI=1S/C11H15N3O3/c1-3-4-13-6-8-5-9(10(15)17-2)12-11(16)14(8)7-13/h3,6,9H,1,4-5,7H2,2H3,(H,12,16)/t9-/m0/s1. The largest absolute Gasteiger partial charge is 0.467 e. The SMILES string of the molecule is C=CCN1C=C2C[C@@H](C(=O)OC)NC(=O)N2C1. The Kier molecular flexibility index (Phi) is 3.03. The number of esters is 1. The zero-order chi connectivity index (χ0) is 12.4. The van der Waals surface area contributed by atoms with E-state index >= 15 is 0 Å². The van der Waals surface area contributed by atoms with Crippen molar-refractivity contribution in [1.82, 2.24) is 15.1 Å². The molecule has 0 aromatic rings. The molecular formula is C11H15N3O3. The highest BCUT2D eigenvalue weighted by molar-refractivity contribution is 5.86. The number of ether oxygens (including phenoxy) is 1. The molecule has 0 bridgehead atoms. The summed E-state index contributed by atoms with van der Waals surface area (Å²) in [5.41, 5.74) is 0.839. The van der Waals surface area contributed by atoms with Gasteiger partial charge in [-0.15, -0.1) is 6.58 Å². The highest BCUT2D eigenvalue weighted by atomic mass is 16.5. The van der Waals surface area contributed by atoms with Crippen LogP contribution >= 0.6 is 0 Å². The van der Waals surface area contributed by atoms with Crippen LogP contribution in [0.25, 0.3) is 0 Å². The van der Waals surface area contributed by atoms with Crippen LogP contribution in [-0.2, 0) is 9.53 Å². The second kappa shape index (κ2) is 4.48. The summed E-state index contributed by atoms with van der Waals surface area (Å²) in [6.45, 7) is 4.83. The Hall–Kier alpha value is -1.98. The molecule has 6 nitrogen and oxygen atoms in total. The molecule has 0 unspecified atom stereocenters. The van der Waals surface area contributed by atoms with Crippen molar-refractivity contribution in [3.05, 3.63) is 24.6 Å². The number of carbonyl (C=O) groups excluding carboxylic acids is 2. The fourth-order valence-corrected chi connectivity index (χ4v) is 2.00. The molecule has 17 heavy (non-hydrogen) atoms. The van der Waals surface area contributed by atoms with E-state index in [0.717, 1.165) is 5.70 Å². The maximum absolute atomic E-state index is 11.8. The Morgan fingerprint density at radius 3 is 3.18 bits per heavy atom. The number of hydrogen-bond acceptors (Lipinski definition) is 4. The Bertz CT molecular complexity index is 391. The lowest BCUT2D eigenvalue weighted by Crippen LogP contribution is -2.53. The lowest BCUT2D eigenvalue weighted by Gasteiger charge is -2.30. The molecule has 0 saturated carbocycles. The van der Waals surface area contributed by atoms with Gasteiger partial charge in [0, 0.05) is 24.9 Å². The van der Waals surface area contributed by atoms with Crippen LogP contribution in [0, 0.1) is 0 Å². The minimum atomic E-state index is -0.585. The number of nitrogens with zero attached hydrogens (tertiary/aromatic N) is 2. The molecule has 0 spiro atoms. The van der Waals surface area contributed by atoms with E-state index in [2.05, 4.69) is 16.6 Å². The van der Waals surface area contributed by atoms with Crippen LogP contribution in [-0.4, -0.2) is 48.2 Å². The maximum Gasteiger partial charge on any atom is 0.328 e. The van der Waals surface area contributed by atoms with Gasteiger partial charge >= 0.3 is 12.0 Å². The number of nitrogens with one attached hydrogen (secondary N) is 1. The number of carbonyl (C=O) groups is 2. The van der Waals surface area contributed by atoms with Crippen LogP contribution in [0.4, 0.5) is 4.79 Å². The summed E-state index contributed by atoms with van der Waals surface area (Å²) in [6, 6.07) is -0.844. The van der Waals surface area contributed by atoms with Gasteiger partial charge in [-0.05, 0) is 0 Å². The zero-order valence-corrected chi connectivity index (χ0v) is 9.68. The van der Waals surface area contributed by atoms with Gasteiger partial charge in [0.05, 0.1) is 13.8 Å². The van der Waals surface area contributed by atoms with Crippen LogP contribution in [0.1, 0.15) is 6.42 Å². The van der Waals surface area contributed by atoms with E-state index in [0.29, 0.717) is 19.6 Å². The van der Waals surface area contributed by atoms with Gasteiger partial charge in [0.1, 0.15) is 6.04 Å². The summed E-state index contributed by atoms with van der Waals surface area (Å²) in [6.07, 6.45) is 4.12. The van der Waals surface area contributed by atoms with Crippen LogP contribution in [0.3, 0.4) is 0 Å². The lowest BCUT2D eigenvalue weighted by molar-refractivity contribution is -0.143. The number of methoxy groups -OCH3 is 1. The summed E-state index contributed by atoms with van der Waals surface area (Å²) < 4.78 is 4.63. The van der Waals surface area contributed by atoms with Crippen molar-refractivity contribution < 1.29 is 14.3 Å². The average molecular weight is 237 g/mol. The van der Waals surface area contributed by atoms with Gasteiger partial charge in [0.2, 0.25) is 0 Å². The van der Waals surface area contributed by atoms with Gasteiger partial charge in [-0.3, -0.25) is 4.90 Å². The molecule has 2 amide bonds. The summed E-state index contributed by atoms with van der Waals surface area (Å²) in [5, 5.41) is 2.62. The van der Waals surface area contributed by atoms with Crippen LogP contribution in [0.2, 0.25) is 0 Å². The highest BCUT2D eigenvalue weighted by Gasteiger charge is 2.36. The first-order chi connectivity index (χ1) is 8.15. The average Bonchev–Trinajstić information content (AvgIpc) is 2.71. The lowest BCUT2D eigenvalue weighted by atomic mass is 10.1. The fourth-order valence-electron chi connectivity index (χ4n) is 2.00. The molecule has 2 aliphatic rings. The van der Waals surface area contributed by atoms with E-state index in [-0.39, 0.29) is 6.03 Å². The third kappa shape index (κ3) is 2.11. The zero-order valence-electron chi connectivity index (χ0n) is 9.68. The van der Waals surface area contributed by atoms with E-state index in [1.807, 2.05) is 11.1 Å². The Balaban J connectivity index is 2.11. The molecular weight excluding hydrogens is 222 g/mol. The molecule has 1 saturated heterocycles. The number of hydrogen-bond donors (Lipinski definition) is 1. The Morgan fingerprint density at radius 2 is 2.53 bits per heavy atom. The molecule has 6 heteroatoms. The first-order valence-corrected chi connectivity index (χ1v) is 5.37. The third-order valence-electron chi connectivity index (χ3n) is 2.81. The molecule has 0 aromatic heterocycles. The first kappa shape index (κ1) is 11.5. The number of amides is 2. The molecule has 2 heterocycles. The van der Waals surface area contributed by atoms with E-state index in [4.69, 9.17) is 0 Å². The fraction of sp³-hybridized carbons (Fsp3) is 0.455. The molecule has 0 aliphatic carbocycles. The van der Waals surface area contributed by atoms with E-state index < -0.39 is 12.0 Å². The molecule has 2 rings (SSSR count). The summed E-state index contributed by atoms with van der Waals surface area (Å²) >= 11 is 0. The van der Waals surface area contributed by atoms with E-state index in [9.17, 15) is 9.59 Å². The second-order valence-corrected chi connectivity index (χ2v) is 3.98. The van der Waals surface area contributed by atoms with E-state index in [1.54, 1.807) is 11.0 Å². The van der Waals surface area contributed by atoms with Gasteiger partial charge < -0.3 is 15.0 Å². The second-order valence-electron chi connectivity index (χ2n) is 3.98. The van der Waals surface area contributed by atoms with Gasteiger partial charge in [0.15, 0.2) is 0 Å². The van der Waals surface area contributed by atoms with Crippen molar-refractivity contribution >= 4 is 12.0 Å². The van der Waals surface area contributed by atoms with Crippen LogP contribution < -0.4 is 5.32 Å². The predicted octanol–water partition coefficient (Wildman–Crippen LogP) is 0.244. The minimum absolute atomic E-state index is 0.260. The van der Waals surface area contributed by atoms with Gasteiger partial charge in [0.25, 0.3) is 0 Å². The minimum Gasteiger partial charge on any atom is -0.467 e. The monoisotopic (exact) mass is 237 g/mol. The van der Waals surface area contributed by atoms with Gasteiger partial charge in [-0.25, -0.2) is 9.59 Å². The maximum atomic E-state index is 11.8. The summed E-state index contributed by atoms with van der Waals surface area (Å²) in [7, 11) is 1.31. The molecule has 1 N–H and O–H groups in total. The normalized spacial score (nSPS) is 22.8. The first-order valence-electron chi connectivity index (χ1n) is 5.37. The van der Waals surface area contributed by atoms with Crippen LogP contribution in [0.5, 0.6) is 0 Å². The predicted molar refractivity (Wildman–Crippen MR) is 60.6 cm³/mol. The Labute approximate surface area is 99.5 Å². The van der Waals surface area contributed by atoms with Crippen molar-refractivity contribution in [3.8, 4) is 0 Å². The summed E-state index contributed by atoms with van der Waals surface area (Å²) in [5.74, 6) is -0.416. The van der Waals surface area contributed by atoms with Crippen molar-refractivity contribution in [2.45, 2.75) is 12.5 Å². The third-order valence-corrected chi connectivity index (χ3v) is 2.81. The quantitative estimate of drug-likeness (QED) is 0.564. The van der Waals surface area contributed by atoms with Gasteiger partial charge in [-0.1, -0.05) is 6.08 Å². The Morgan fingerprint density at radius 1 is 1.76 bits per heavy atom. The van der Waals surface area contributed by atoms with E-state index in [1.165, 1.54) is 7.11 Å². The topological polar surface area (TPSA) is 61.9 Å². The number of fused-ring (bicyclic) bond motifs is 1. The molecule has 92 valence electrons. The molecule has 2 aliphatic heterocycles.